The second kappa shape index (κ2) is 5.68. The molecule has 1 amide bonds. The van der Waals surface area contributed by atoms with Crippen LogP contribution >= 0.6 is 23.2 Å². The van der Waals surface area contributed by atoms with Crippen LogP contribution in [-0.2, 0) is 0 Å². The number of hydrogen-bond donors (Lipinski definition) is 2. The van der Waals surface area contributed by atoms with Crippen molar-refractivity contribution in [1.29, 1.82) is 0 Å². The van der Waals surface area contributed by atoms with Crippen LogP contribution in [0.4, 0.5) is 11.4 Å². The van der Waals surface area contributed by atoms with Crippen molar-refractivity contribution in [3.05, 3.63) is 34.6 Å². The molecule has 0 radical (unpaired) electrons. The molecule has 2 aromatic heterocycles. The predicted octanol–water partition coefficient (Wildman–Crippen LogP) is 3.00. The number of nitrogens with one attached hydrogen (secondary N) is 1. The van der Waals surface area contributed by atoms with Gasteiger partial charge in [0.15, 0.2) is 10.3 Å². The Morgan fingerprint density at radius 1 is 1.35 bits per heavy atom. The lowest BCUT2D eigenvalue weighted by Gasteiger charge is -2.13. The van der Waals surface area contributed by atoms with E-state index in [1.807, 2.05) is 13.8 Å². The molecule has 2 aromatic rings. The molecule has 0 fully saturated rings. The zero-order chi connectivity index (χ0) is 14.9. The molecule has 2 rings (SSSR count). The van der Waals surface area contributed by atoms with Gasteiger partial charge in [-0.3, -0.25) is 4.79 Å². The number of rotatable bonds is 3. The van der Waals surface area contributed by atoms with Crippen LogP contribution < -0.4 is 11.1 Å². The summed E-state index contributed by atoms with van der Waals surface area (Å²) in [6.07, 6.45) is 2.92. The maximum atomic E-state index is 12.3. The lowest BCUT2D eigenvalue weighted by Crippen LogP contribution is -2.18. The third kappa shape index (κ3) is 2.86. The fourth-order valence-electron chi connectivity index (χ4n) is 1.74. The number of anilines is 2. The Labute approximate surface area is 125 Å². The summed E-state index contributed by atoms with van der Waals surface area (Å²) in [7, 11) is 0. The first-order valence-corrected chi connectivity index (χ1v) is 6.60. The summed E-state index contributed by atoms with van der Waals surface area (Å²) in [6, 6.07) is 1.67. The summed E-state index contributed by atoms with van der Waals surface area (Å²) in [4.78, 5) is 19.8. The first-order chi connectivity index (χ1) is 9.40. The third-order valence-corrected chi connectivity index (χ3v) is 3.23. The topological polar surface area (TPSA) is 85.8 Å². The minimum Gasteiger partial charge on any atom is -0.397 e. The van der Waals surface area contributed by atoms with Crippen molar-refractivity contribution in [1.82, 2.24) is 14.5 Å². The monoisotopic (exact) mass is 313 g/mol. The van der Waals surface area contributed by atoms with Crippen molar-refractivity contribution < 1.29 is 4.79 Å². The van der Waals surface area contributed by atoms with Crippen molar-refractivity contribution in [3.8, 4) is 0 Å². The Balaban J connectivity index is 2.34. The van der Waals surface area contributed by atoms with Gasteiger partial charge in [-0.2, -0.15) is 0 Å². The van der Waals surface area contributed by atoms with Gasteiger partial charge < -0.3 is 15.6 Å². The molecular weight excluding hydrogens is 301 g/mol. The first-order valence-electron chi connectivity index (χ1n) is 5.85. The average molecular weight is 314 g/mol. The van der Waals surface area contributed by atoms with Gasteiger partial charge in [0, 0.05) is 12.2 Å². The van der Waals surface area contributed by atoms with Gasteiger partial charge in [-0.15, -0.1) is 0 Å². The number of halogens is 2. The molecule has 0 aliphatic carbocycles. The Morgan fingerprint density at radius 2 is 1.95 bits per heavy atom. The van der Waals surface area contributed by atoms with Crippen LogP contribution in [0.3, 0.4) is 0 Å². The molecule has 0 spiro atoms. The zero-order valence-corrected chi connectivity index (χ0v) is 12.4. The molecule has 0 aromatic carbocycles. The molecule has 0 atom stereocenters. The number of amides is 1. The smallest absolute Gasteiger partial charge is 0.272 e. The minimum atomic E-state index is -0.381. The fraction of sp³-hybridized carbons (Fsp3) is 0.250. The minimum absolute atomic E-state index is 0.0778. The van der Waals surface area contributed by atoms with Crippen LogP contribution in [0.15, 0.2) is 18.6 Å². The summed E-state index contributed by atoms with van der Waals surface area (Å²) in [6.45, 7) is 3.89. The number of hydrogen-bond acceptors (Lipinski definition) is 4. The fourth-order valence-corrected chi connectivity index (χ4v) is 2.14. The number of carbonyl (C=O) groups excluding carboxylic acids is 1. The molecule has 0 saturated carbocycles. The largest absolute Gasteiger partial charge is 0.397 e. The second-order valence-corrected chi connectivity index (χ2v) is 5.16. The van der Waals surface area contributed by atoms with E-state index >= 15 is 0 Å². The van der Waals surface area contributed by atoms with Gasteiger partial charge in [-0.1, -0.05) is 23.2 Å². The summed E-state index contributed by atoms with van der Waals surface area (Å²) >= 11 is 11.8. The summed E-state index contributed by atoms with van der Waals surface area (Å²) in [5, 5.41) is 2.75. The Morgan fingerprint density at radius 3 is 2.50 bits per heavy atom. The van der Waals surface area contributed by atoms with E-state index in [-0.39, 0.29) is 27.9 Å². The van der Waals surface area contributed by atoms with Gasteiger partial charge in [-0.05, 0) is 19.9 Å². The van der Waals surface area contributed by atoms with E-state index in [9.17, 15) is 4.79 Å². The SMILES string of the molecule is CC(C)n1cc(N)cc1C(=O)Nc1c(Cl)ncnc1Cl. The molecular formula is C12H13Cl2N5O. The van der Waals surface area contributed by atoms with Crippen molar-refractivity contribution in [2.75, 3.05) is 11.1 Å². The predicted molar refractivity (Wildman–Crippen MR) is 79.2 cm³/mol. The van der Waals surface area contributed by atoms with Crippen LogP contribution in [0.5, 0.6) is 0 Å². The van der Waals surface area contributed by atoms with E-state index in [0.717, 1.165) is 0 Å². The molecule has 0 unspecified atom stereocenters. The van der Waals surface area contributed by atoms with E-state index in [1.54, 1.807) is 16.8 Å². The number of nitrogen functional groups attached to an aromatic ring is 1. The van der Waals surface area contributed by atoms with Crippen molar-refractivity contribution >= 4 is 40.5 Å². The molecule has 0 bridgehead atoms. The zero-order valence-electron chi connectivity index (χ0n) is 10.9. The van der Waals surface area contributed by atoms with E-state index in [2.05, 4.69) is 15.3 Å². The highest BCUT2D eigenvalue weighted by atomic mass is 35.5. The van der Waals surface area contributed by atoms with Crippen LogP contribution in [0.25, 0.3) is 0 Å². The number of carbonyl (C=O) groups is 1. The van der Waals surface area contributed by atoms with Crippen LogP contribution in [0.1, 0.15) is 30.4 Å². The number of aromatic nitrogens is 3. The number of nitrogens with two attached hydrogens (primary N) is 1. The molecule has 2 heterocycles. The Hall–Kier alpha value is -1.79. The molecule has 0 saturated heterocycles. The molecule has 0 aliphatic rings. The Bertz CT molecular complexity index is 633. The van der Waals surface area contributed by atoms with E-state index in [4.69, 9.17) is 28.9 Å². The first kappa shape index (κ1) is 14.6. The highest BCUT2D eigenvalue weighted by molar-refractivity contribution is 6.38. The normalized spacial score (nSPS) is 10.8. The van der Waals surface area contributed by atoms with Gasteiger partial charge in [0.1, 0.15) is 17.7 Å². The summed E-state index contributed by atoms with van der Waals surface area (Å²) < 4.78 is 1.76. The van der Waals surface area contributed by atoms with Gasteiger partial charge in [0.2, 0.25) is 0 Å². The lowest BCUT2D eigenvalue weighted by molar-refractivity contribution is 0.101. The summed E-state index contributed by atoms with van der Waals surface area (Å²) in [5.41, 5.74) is 6.82. The standard InChI is InChI=1S/C12H13Cl2N5O/c1-6(2)19-4-7(15)3-8(19)12(20)18-9-10(13)16-5-17-11(9)14/h3-6H,15H2,1-2H3,(H,18,20). The Kier molecular flexibility index (Phi) is 4.15. The average Bonchev–Trinajstić information content (AvgIpc) is 2.76. The van der Waals surface area contributed by atoms with E-state index in [1.165, 1.54) is 6.33 Å². The van der Waals surface area contributed by atoms with E-state index in [0.29, 0.717) is 11.4 Å². The highest BCUT2D eigenvalue weighted by Gasteiger charge is 2.18. The van der Waals surface area contributed by atoms with Gasteiger partial charge in [-0.25, -0.2) is 9.97 Å². The quantitative estimate of drug-likeness (QED) is 0.853. The van der Waals surface area contributed by atoms with Crippen LogP contribution in [-0.4, -0.2) is 20.4 Å². The lowest BCUT2D eigenvalue weighted by atomic mass is 10.3. The van der Waals surface area contributed by atoms with Crippen LogP contribution in [0.2, 0.25) is 10.3 Å². The molecule has 3 N–H and O–H groups in total. The molecule has 106 valence electrons. The number of nitrogens with zero attached hydrogens (tertiary/aromatic N) is 3. The van der Waals surface area contributed by atoms with Gasteiger partial charge in [0.05, 0.1) is 5.69 Å². The maximum absolute atomic E-state index is 12.3. The van der Waals surface area contributed by atoms with Crippen molar-refractivity contribution in [3.63, 3.8) is 0 Å². The van der Waals surface area contributed by atoms with Crippen molar-refractivity contribution in [2.45, 2.75) is 19.9 Å². The third-order valence-electron chi connectivity index (χ3n) is 2.65. The molecule has 8 heteroatoms. The molecule has 6 nitrogen and oxygen atoms in total. The van der Waals surface area contributed by atoms with Gasteiger partial charge >= 0.3 is 0 Å². The molecule has 0 aliphatic heterocycles. The van der Waals surface area contributed by atoms with Gasteiger partial charge in [0.25, 0.3) is 5.91 Å². The maximum Gasteiger partial charge on any atom is 0.272 e. The molecule has 20 heavy (non-hydrogen) atoms. The van der Waals surface area contributed by atoms with Crippen LogP contribution in [0, 0.1) is 0 Å². The summed E-state index contributed by atoms with van der Waals surface area (Å²) in [5.74, 6) is -0.381. The highest BCUT2D eigenvalue weighted by Crippen LogP contribution is 2.27. The van der Waals surface area contributed by atoms with Crippen molar-refractivity contribution in [2.24, 2.45) is 0 Å². The second-order valence-electron chi connectivity index (χ2n) is 4.44. The van der Waals surface area contributed by atoms with E-state index < -0.39 is 0 Å².